The second-order valence-electron chi connectivity index (χ2n) is 6.15. The Morgan fingerprint density at radius 3 is 2.21 bits per heavy atom. The van der Waals surface area contributed by atoms with Gasteiger partial charge in [0, 0.05) is 19.1 Å². The Labute approximate surface area is 144 Å². The molecule has 0 radical (unpaired) electrons. The lowest BCUT2D eigenvalue weighted by Crippen LogP contribution is -2.39. The van der Waals surface area contributed by atoms with Gasteiger partial charge in [-0.1, -0.05) is 30.3 Å². The van der Waals surface area contributed by atoms with Crippen LogP contribution < -0.4 is 9.47 Å². The molecule has 2 aromatic rings. The van der Waals surface area contributed by atoms with Crippen LogP contribution in [0.5, 0.6) is 11.5 Å². The zero-order valence-corrected chi connectivity index (χ0v) is 14.7. The maximum absolute atomic E-state index is 10.3. The highest BCUT2D eigenvalue weighted by molar-refractivity contribution is 5.27. The first-order valence-electron chi connectivity index (χ1n) is 8.31. The SMILES string of the molecule is COc1ccc(CN(C[C@@H](O)COc2ccccc2)C(C)C)cc1. The Morgan fingerprint density at radius 1 is 0.958 bits per heavy atom. The van der Waals surface area contributed by atoms with Gasteiger partial charge in [0.15, 0.2) is 0 Å². The second-order valence-corrected chi connectivity index (χ2v) is 6.15. The summed E-state index contributed by atoms with van der Waals surface area (Å²) in [6, 6.07) is 17.9. The van der Waals surface area contributed by atoms with Crippen molar-refractivity contribution in [3.8, 4) is 11.5 Å². The molecule has 0 aliphatic rings. The van der Waals surface area contributed by atoms with Crippen molar-refractivity contribution in [1.82, 2.24) is 4.90 Å². The molecule has 0 aromatic heterocycles. The number of methoxy groups -OCH3 is 1. The monoisotopic (exact) mass is 329 g/mol. The van der Waals surface area contributed by atoms with Crippen LogP contribution >= 0.6 is 0 Å². The van der Waals surface area contributed by atoms with E-state index in [1.807, 2.05) is 42.5 Å². The van der Waals surface area contributed by atoms with Gasteiger partial charge in [0.2, 0.25) is 0 Å². The van der Waals surface area contributed by atoms with Crippen molar-refractivity contribution >= 4 is 0 Å². The molecular weight excluding hydrogens is 302 g/mol. The Hall–Kier alpha value is -2.04. The van der Waals surface area contributed by atoms with E-state index in [9.17, 15) is 5.11 Å². The van der Waals surface area contributed by atoms with Crippen molar-refractivity contribution in [2.75, 3.05) is 20.3 Å². The first-order valence-corrected chi connectivity index (χ1v) is 8.31. The Balaban J connectivity index is 1.87. The molecule has 2 rings (SSSR count). The third-order valence-corrected chi connectivity index (χ3v) is 3.91. The quantitative estimate of drug-likeness (QED) is 0.766. The van der Waals surface area contributed by atoms with Crippen molar-refractivity contribution in [3.63, 3.8) is 0 Å². The molecule has 24 heavy (non-hydrogen) atoms. The molecule has 0 fully saturated rings. The normalized spacial score (nSPS) is 12.4. The van der Waals surface area contributed by atoms with Gasteiger partial charge in [0.25, 0.3) is 0 Å². The standard InChI is InChI=1S/C20H27NO3/c1-16(2)21(13-17-9-11-19(23-3)12-10-17)14-18(22)15-24-20-7-5-4-6-8-20/h4-12,16,18,22H,13-15H2,1-3H3/t18-/m1/s1. The van der Waals surface area contributed by atoms with Crippen LogP contribution in [0.1, 0.15) is 19.4 Å². The van der Waals surface area contributed by atoms with Gasteiger partial charge in [-0.25, -0.2) is 0 Å². The van der Waals surface area contributed by atoms with Crippen molar-refractivity contribution in [2.45, 2.75) is 32.5 Å². The van der Waals surface area contributed by atoms with E-state index in [-0.39, 0.29) is 6.61 Å². The minimum absolute atomic E-state index is 0.288. The summed E-state index contributed by atoms with van der Waals surface area (Å²) in [6.45, 7) is 5.90. The van der Waals surface area contributed by atoms with E-state index in [4.69, 9.17) is 9.47 Å². The van der Waals surface area contributed by atoms with Crippen LogP contribution in [-0.2, 0) is 6.54 Å². The van der Waals surface area contributed by atoms with E-state index in [1.54, 1.807) is 7.11 Å². The lowest BCUT2D eigenvalue weighted by Gasteiger charge is -2.29. The van der Waals surface area contributed by atoms with Crippen LogP contribution in [0.25, 0.3) is 0 Å². The molecule has 0 saturated carbocycles. The number of ether oxygens (including phenoxy) is 2. The minimum Gasteiger partial charge on any atom is -0.497 e. The van der Waals surface area contributed by atoms with Crippen LogP contribution in [-0.4, -0.2) is 42.4 Å². The summed E-state index contributed by atoms with van der Waals surface area (Å²) < 4.78 is 10.8. The Kier molecular flexibility index (Phi) is 7.09. The molecule has 130 valence electrons. The van der Waals surface area contributed by atoms with E-state index in [1.165, 1.54) is 5.56 Å². The van der Waals surface area contributed by atoms with E-state index < -0.39 is 6.10 Å². The highest BCUT2D eigenvalue weighted by Crippen LogP contribution is 2.15. The predicted octanol–water partition coefficient (Wildman–Crippen LogP) is 3.35. The number of rotatable bonds is 9. The number of hydrogen-bond donors (Lipinski definition) is 1. The van der Waals surface area contributed by atoms with Gasteiger partial charge >= 0.3 is 0 Å². The molecule has 0 heterocycles. The van der Waals surface area contributed by atoms with Crippen LogP contribution in [0.3, 0.4) is 0 Å². The second kappa shape index (κ2) is 9.30. The molecule has 0 amide bonds. The molecule has 0 unspecified atom stereocenters. The largest absolute Gasteiger partial charge is 0.497 e. The van der Waals surface area contributed by atoms with E-state index in [2.05, 4.69) is 30.9 Å². The lowest BCUT2D eigenvalue weighted by molar-refractivity contribution is 0.0543. The van der Waals surface area contributed by atoms with E-state index in [0.29, 0.717) is 12.6 Å². The molecule has 0 aliphatic heterocycles. The fourth-order valence-corrected chi connectivity index (χ4v) is 2.46. The summed E-state index contributed by atoms with van der Waals surface area (Å²) >= 11 is 0. The van der Waals surface area contributed by atoms with Crippen LogP contribution in [0.15, 0.2) is 54.6 Å². The first-order chi connectivity index (χ1) is 11.6. The third-order valence-electron chi connectivity index (χ3n) is 3.91. The van der Waals surface area contributed by atoms with E-state index >= 15 is 0 Å². The van der Waals surface area contributed by atoms with Gasteiger partial charge in [-0.2, -0.15) is 0 Å². The summed E-state index contributed by atoms with van der Waals surface area (Å²) in [4.78, 5) is 2.24. The number of aliphatic hydroxyl groups is 1. The first kappa shape index (κ1) is 18.3. The highest BCUT2D eigenvalue weighted by atomic mass is 16.5. The van der Waals surface area contributed by atoms with Crippen LogP contribution in [0.2, 0.25) is 0 Å². The van der Waals surface area contributed by atoms with Gasteiger partial charge in [-0.05, 0) is 43.7 Å². The lowest BCUT2D eigenvalue weighted by atomic mass is 10.1. The zero-order chi connectivity index (χ0) is 17.4. The minimum atomic E-state index is -0.536. The van der Waals surface area contributed by atoms with Gasteiger partial charge in [-0.15, -0.1) is 0 Å². The number of nitrogens with zero attached hydrogens (tertiary/aromatic N) is 1. The summed E-state index contributed by atoms with van der Waals surface area (Å²) in [7, 11) is 1.67. The van der Waals surface area contributed by atoms with Crippen molar-refractivity contribution in [1.29, 1.82) is 0 Å². The summed E-state index contributed by atoms with van der Waals surface area (Å²) in [5, 5.41) is 10.3. The average Bonchev–Trinajstić information content (AvgIpc) is 2.61. The fourth-order valence-electron chi connectivity index (χ4n) is 2.46. The number of aliphatic hydroxyl groups excluding tert-OH is 1. The number of benzene rings is 2. The number of para-hydroxylation sites is 1. The molecule has 1 N–H and O–H groups in total. The number of hydrogen-bond acceptors (Lipinski definition) is 4. The van der Waals surface area contributed by atoms with Crippen LogP contribution in [0, 0.1) is 0 Å². The van der Waals surface area contributed by atoms with Gasteiger partial charge in [-0.3, -0.25) is 4.90 Å². The Morgan fingerprint density at radius 2 is 1.62 bits per heavy atom. The van der Waals surface area contributed by atoms with Crippen molar-refractivity contribution < 1.29 is 14.6 Å². The molecule has 0 saturated heterocycles. The molecule has 2 aromatic carbocycles. The Bertz CT molecular complexity index is 584. The smallest absolute Gasteiger partial charge is 0.119 e. The zero-order valence-electron chi connectivity index (χ0n) is 14.7. The molecule has 0 aliphatic carbocycles. The summed E-state index contributed by atoms with van der Waals surface area (Å²) in [6.07, 6.45) is -0.536. The summed E-state index contributed by atoms with van der Waals surface area (Å²) in [5.74, 6) is 1.63. The molecule has 0 spiro atoms. The van der Waals surface area contributed by atoms with Crippen molar-refractivity contribution in [3.05, 3.63) is 60.2 Å². The maximum atomic E-state index is 10.3. The summed E-state index contributed by atoms with van der Waals surface area (Å²) in [5.41, 5.74) is 1.20. The van der Waals surface area contributed by atoms with Crippen molar-refractivity contribution in [2.24, 2.45) is 0 Å². The predicted molar refractivity (Wildman–Crippen MR) is 96.5 cm³/mol. The maximum Gasteiger partial charge on any atom is 0.119 e. The van der Waals surface area contributed by atoms with Crippen LogP contribution in [0.4, 0.5) is 0 Å². The van der Waals surface area contributed by atoms with Gasteiger partial charge in [0.05, 0.1) is 7.11 Å². The molecule has 1 atom stereocenters. The molecule has 4 nitrogen and oxygen atoms in total. The fraction of sp³-hybridized carbons (Fsp3) is 0.400. The van der Waals surface area contributed by atoms with Gasteiger partial charge in [0.1, 0.15) is 24.2 Å². The highest BCUT2D eigenvalue weighted by Gasteiger charge is 2.16. The molecular formula is C20H27NO3. The average molecular weight is 329 g/mol. The topological polar surface area (TPSA) is 41.9 Å². The van der Waals surface area contributed by atoms with Gasteiger partial charge < -0.3 is 14.6 Å². The van der Waals surface area contributed by atoms with E-state index in [0.717, 1.165) is 18.0 Å². The molecule has 0 bridgehead atoms. The third kappa shape index (κ3) is 5.87. The molecule has 4 heteroatoms.